The zero-order chi connectivity index (χ0) is 15.5. The first-order valence-corrected chi connectivity index (χ1v) is 7.29. The molecule has 0 aliphatic rings. The Bertz CT molecular complexity index is 608. The second-order valence-corrected chi connectivity index (χ2v) is 5.54. The number of hydrogen-bond acceptors (Lipinski definition) is 3. The Balaban J connectivity index is 2.33. The van der Waals surface area contributed by atoms with Gasteiger partial charge in [0.1, 0.15) is 0 Å². The van der Waals surface area contributed by atoms with Crippen molar-refractivity contribution in [1.82, 2.24) is 14.9 Å². The lowest BCUT2D eigenvalue weighted by molar-refractivity contribution is -0.139. The quantitative estimate of drug-likeness (QED) is 0.912. The summed E-state index contributed by atoms with van der Waals surface area (Å²) in [7, 11) is 1.75. The van der Waals surface area contributed by atoms with Crippen LogP contribution >= 0.6 is 11.8 Å². The zero-order valence-corrected chi connectivity index (χ0v) is 12.6. The summed E-state index contributed by atoms with van der Waals surface area (Å²) in [6.07, 6.45) is -1.11. The Kier molecular flexibility index (Phi) is 4.95. The zero-order valence-electron chi connectivity index (χ0n) is 11.7. The smallest absolute Gasteiger partial charge is 0.329 e. The molecule has 3 nitrogen and oxygen atoms in total. The summed E-state index contributed by atoms with van der Waals surface area (Å²) < 4.78 is 41.3. The van der Waals surface area contributed by atoms with E-state index in [4.69, 9.17) is 0 Å². The molecule has 7 heteroatoms. The van der Waals surface area contributed by atoms with Gasteiger partial charge in [-0.3, -0.25) is 0 Å². The monoisotopic (exact) mass is 315 g/mol. The van der Waals surface area contributed by atoms with E-state index in [9.17, 15) is 13.2 Å². The third-order valence-corrected chi connectivity index (χ3v) is 4.06. The van der Waals surface area contributed by atoms with Crippen LogP contribution in [0.2, 0.25) is 0 Å². The van der Waals surface area contributed by atoms with Crippen LogP contribution in [0, 0.1) is 0 Å². The standard InChI is InChI=1S/C14H16F3N3S/c1-3-18-9-10-4-5-12(11(8-10)14(15,16)17)21-13-19-6-7-20(13)2/h4-8,18H,3,9H2,1-2H3. The molecule has 0 saturated carbocycles. The molecule has 0 radical (unpaired) electrons. The Labute approximate surface area is 125 Å². The molecule has 0 bridgehead atoms. The van der Waals surface area contributed by atoms with Gasteiger partial charge < -0.3 is 9.88 Å². The maximum Gasteiger partial charge on any atom is 0.417 e. The van der Waals surface area contributed by atoms with E-state index in [1.54, 1.807) is 30.1 Å². The summed E-state index contributed by atoms with van der Waals surface area (Å²) in [5.41, 5.74) is -0.000677. The molecule has 0 atom stereocenters. The van der Waals surface area contributed by atoms with E-state index in [1.807, 2.05) is 6.92 Å². The van der Waals surface area contributed by atoms with Gasteiger partial charge in [-0.25, -0.2) is 4.98 Å². The van der Waals surface area contributed by atoms with Crippen molar-refractivity contribution in [3.05, 3.63) is 41.7 Å². The molecule has 0 spiro atoms. The third-order valence-electron chi connectivity index (χ3n) is 2.91. The third kappa shape index (κ3) is 4.01. The second kappa shape index (κ2) is 6.53. The largest absolute Gasteiger partial charge is 0.417 e. The molecule has 1 aromatic heterocycles. The van der Waals surface area contributed by atoms with Crippen LogP contribution in [-0.2, 0) is 19.8 Å². The predicted octanol–water partition coefficient (Wildman–Crippen LogP) is 3.70. The first-order chi connectivity index (χ1) is 9.91. The molecule has 2 aromatic rings. The summed E-state index contributed by atoms with van der Waals surface area (Å²) in [6.45, 7) is 3.05. The van der Waals surface area contributed by atoms with Crippen molar-refractivity contribution >= 4 is 11.8 Å². The molecule has 0 fully saturated rings. The first kappa shape index (κ1) is 15.9. The highest BCUT2D eigenvalue weighted by Crippen LogP contribution is 2.39. The van der Waals surface area contributed by atoms with Crippen molar-refractivity contribution in [3.63, 3.8) is 0 Å². The van der Waals surface area contributed by atoms with Crippen molar-refractivity contribution in [2.75, 3.05) is 6.54 Å². The highest BCUT2D eigenvalue weighted by atomic mass is 32.2. The highest BCUT2D eigenvalue weighted by molar-refractivity contribution is 7.99. The van der Waals surface area contributed by atoms with Crippen molar-refractivity contribution in [2.45, 2.75) is 29.7 Å². The lowest BCUT2D eigenvalue weighted by atomic mass is 10.1. The summed E-state index contributed by atoms with van der Waals surface area (Å²) in [6, 6.07) is 4.42. The fourth-order valence-electron chi connectivity index (χ4n) is 1.82. The number of nitrogens with one attached hydrogen (secondary N) is 1. The lowest BCUT2D eigenvalue weighted by Crippen LogP contribution is -2.14. The number of nitrogens with zero attached hydrogens (tertiary/aromatic N) is 2. The average molecular weight is 315 g/mol. The SMILES string of the molecule is CCNCc1ccc(Sc2nccn2C)c(C(F)(F)F)c1. The van der Waals surface area contributed by atoms with Crippen LogP contribution in [0.3, 0.4) is 0 Å². The van der Waals surface area contributed by atoms with E-state index in [1.165, 1.54) is 12.1 Å². The maximum absolute atomic E-state index is 13.2. The van der Waals surface area contributed by atoms with Crippen LogP contribution < -0.4 is 5.32 Å². The topological polar surface area (TPSA) is 29.9 Å². The normalized spacial score (nSPS) is 11.9. The second-order valence-electron chi connectivity index (χ2n) is 4.53. The van der Waals surface area contributed by atoms with Gasteiger partial charge >= 0.3 is 6.18 Å². The summed E-state index contributed by atoms with van der Waals surface area (Å²) in [5.74, 6) is 0. The molecule has 0 saturated heterocycles. The van der Waals surface area contributed by atoms with Gasteiger partial charge in [-0.15, -0.1) is 0 Å². The lowest BCUT2D eigenvalue weighted by Gasteiger charge is -2.14. The van der Waals surface area contributed by atoms with Gasteiger partial charge in [0.05, 0.1) is 5.56 Å². The fraction of sp³-hybridized carbons (Fsp3) is 0.357. The Hall–Kier alpha value is -1.47. The molecule has 2 rings (SSSR count). The molecule has 114 valence electrons. The van der Waals surface area contributed by atoms with Crippen LogP contribution in [0.1, 0.15) is 18.1 Å². The molecule has 0 aliphatic carbocycles. The molecule has 21 heavy (non-hydrogen) atoms. The van der Waals surface area contributed by atoms with Crippen LogP contribution in [0.25, 0.3) is 0 Å². The predicted molar refractivity (Wildman–Crippen MR) is 76.2 cm³/mol. The van der Waals surface area contributed by atoms with Crippen molar-refractivity contribution in [1.29, 1.82) is 0 Å². The van der Waals surface area contributed by atoms with Crippen molar-refractivity contribution in [3.8, 4) is 0 Å². The highest BCUT2D eigenvalue weighted by Gasteiger charge is 2.34. The van der Waals surface area contributed by atoms with Gasteiger partial charge in [0.2, 0.25) is 0 Å². The molecule has 0 unspecified atom stereocenters. The molecule has 0 amide bonds. The van der Waals surface area contributed by atoms with Gasteiger partial charge in [-0.2, -0.15) is 13.2 Å². The minimum absolute atomic E-state index is 0.164. The van der Waals surface area contributed by atoms with E-state index in [0.29, 0.717) is 23.8 Å². The molecule has 1 heterocycles. The van der Waals surface area contributed by atoms with Gasteiger partial charge in [0, 0.05) is 30.9 Å². The van der Waals surface area contributed by atoms with E-state index in [2.05, 4.69) is 10.3 Å². The minimum Gasteiger partial charge on any atom is -0.329 e. The number of imidazole rings is 1. The van der Waals surface area contributed by atoms with Crippen molar-refractivity contribution in [2.24, 2.45) is 7.05 Å². The van der Waals surface area contributed by atoms with Gasteiger partial charge in [0.15, 0.2) is 5.16 Å². The van der Waals surface area contributed by atoms with Crippen LogP contribution in [0.4, 0.5) is 13.2 Å². The molecule has 1 aromatic carbocycles. The molecular formula is C14H16F3N3S. The number of aromatic nitrogens is 2. The van der Waals surface area contributed by atoms with Crippen molar-refractivity contribution < 1.29 is 13.2 Å². The number of hydrogen-bond donors (Lipinski definition) is 1. The number of rotatable bonds is 5. The van der Waals surface area contributed by atoms with Crippen LogP contribution in [-0.4, -0.2) is 16.1 Å². The summed E-state index contributed by atoms with van der Waals surface area (Å²) in [5, 5.41) is 3.55. The number of halogens is 3. The number of benzene rings is 1. The summed E-state index contributed by atoms with van der Waals surface area (Å²) >= 11 is 1.02. The maximum atomic E-state index is 13.2. The minimum atomic E-state index is -4.38. The molecular weight excluding hydrogens is 299 g/mol. The molecule has 0 aliphatic heterocycles. The Morgan fingerprint density at radius 1 is 1.33 bits per heavy atom. The first-order valence-electron chi connectivity index (χ1n) is 6.48. The van der Waals surface area contributed by atoms with Crippen LogP contribution in [0.5, 0.6) is 0 Å². The van der Waals surface area contributed by atoms with Gasteiger partial charge in [-0.05, 0) is 24.2 Å². The van der Waals surface area contributed by atoms with Gasteiger partial charge in [-0.1, -0.05) is 24.8 Å². The Morgan fingerprint density at radius 3 is 2.67 bits per heavy atom. The fourth-order valence-corrected chi connectivity index (χ4v) is 2.75. The number of alkyl halides is 3. The average Bonchev–Trinajstić information content (AvgIpc) is 2.82. The number of aryl methyl sites for hydroxylation is 1. The molecule has 1 N–H and O–H groups in total. The van der Waals surface area contributed by atoms with Crippen LogP contribution in [0.15, 0.2) is 40.6 Å². The summed E-state index contributed by atoms with van der Waals surface area (Å²) in [4.78, 5) is 4.22. The van der Waals surface area contributed by atoms with E-state index < -0.39 is 11.7 Å². The Morgan fingerprint density at radius 2 is 2.10 bits per heavy atom. The van der Waals surface area contributed by atoms with E-state index in [-0.39, 0.29) is 4.90 Å². The van der Waals surface area contributed by atoms with Gasteiger partial charge in [0.25, 0.3) is 0 Å². The van der Waals surface area contributed by atoms with E-state index in [0.717, 1.165) is 11.8 Å². The van der Waals surface area contributed by atoms with E-state index >= 15 is 0 Å².